The second-order valence-electron chi connectivity index (χ2n) is 6.66. The number of halogens is 1. The number of amides is 2. The highest BCUT2D eigenvalue weighted by Gasteiger charge is 2.56. The number of benzene rings is 2. The van der Waals surface area contributed by atoms with Crippen LogP contribution in [0.3, 0.4) is 0 Å². The van der Waals surface area contributed by atoms with Crippen LogP contribution in [0.15, 0.2) is 48.5 Å². The molecule has 1 fully saturated rings. The molecule has 0 bridgehead atoms. The maximum Gasteiger partial charge on any atom is 0.240 e. The molecule has 1 saturated carbocycles. The summed E-state index contributed by atoms with van der Waals surface area (Å²) in [5.74, 6) is -0.574. The Balaban J connectivity index is 1.71. The first-order chi connectivity index (χ1) is 12.4. The third-order valence-electron chi connectivity index (χ3n) is 4.22. The number of ether oxygens (including phenoxy) is 1. The van der Waals surface area contributed by atoms with E-state index in [2.05, 4.69) is 10.6 Å². The first-order valence-corrected chi connectivity index (χ1v) is 8.55. The van der Waals surface area contributed by atoms with Crippen LogP contribution in [-0.2, 0) is 9.59 Å². The Morgan fingerprint density at radius 3 is 2.23 bits per heavy atom. The molecular formula is C20H21FN2O3. The van der Waals surface area contributed by atoms with Gasteiger partial charge in [-0.3, -0.25) is 9.59 Å². The summed E-state index contributed by atoms with van der Waals surface area (Å²) in [7, 11) is 0. The number of hydrogen-bond donors (Lipinski definition) is 2. The fourth-order valence-electron chi connectivity index (χ4n) is 2.63. The molecule has 2 amide bonds. The highest BCUT2D eigenvalue weighted by atomic mass is 19.1. The minimum atomic E-state index is -1.10. The summed E-state index contributed by atoms with van der Waals surface area (Å²) >= 11 is 0. The Morgan fingerprint density at radius 1 is 1.00 bits per heavy atom. The Labute approximate surface area is 151 Å². The van der Waals surface area contributed by atoms with Crippen LogP contribution in [0.25, 0.3) is 0 Å². The molecule has 0 radical (unpaired) electrons. The molecule has 0 spiro atoms. The lowest BCUT2D eigenvalue weighted by molar-refractivity contribution is -0.131. The molecule has 0 atom stereocenters. The molecule has 2 aromatic carbocycles. The van der Waals surface area contributed by atoms with Gasteiger partial charge in [0, 0.05) is 5.69 Å². The second kappa shape index (κ2) is 7.15. The van der Waals surface area contributed by atoms with Crippen molar-refractivity contribution in [2.24, 2.45) is 5.41 Å². The minimum absolute atomic E-state index is 0.0373. The predicted octanol–water partition coefficient (Wildman–Crippen LogP) is 3.97. The van der Waals surface area contributed by atoms with Crippen molar-refractivity contribution in [3.63, 3.8) is 0 Å². The van der Waals surface area contributed by atoms with E-state index in [1.54, 1.807) is 18.2 Å². The fraction of sp³-hybridized carbons (Fsp3) is 0.300. The lowest BCUT2D eigenvalue weighted by Gasteiger charge is -2.18. The van der Waals surface area contributed by atoms with E-state index in [1.807, 2.05) is 19.9 Å². The van der Waals surface area contributed by atoms with E-state index in [-0.39, 0.29) is 23.7 Å². The van der Waals surface area contributed by atoms with Crippen LogP contribution in [0.4, 0.5) is 15.8 Å². The number of hydrogen-bond acceptors (Lipinski definition) is 3. The lowest BCUT2D eigenvalue weighted by Crippen LogP contribution is -2.35. The predicted molar refractivity (Wildman–Crippen MR) is 97.5 cm³/mol. The zero-order valence-electron chi connectivity index (χ0n) is 14.7. The molecule has 3 rings (SSSR count). The monoisotopic (exact) mass is 356 g/mol. The molecule has 2 aromatic rings. The summed E-state index contributed by atoms with van der Waals surface area (Å²) < 4.78 is 18.7. The van der Waals surface area contributed by atoms with Gasteiger partial charge in [0.15, 0.2) is 0 Å². The van der Waals surface area contributed by atoms with E-state index >= 15 is 0 Å². The van der Waals surface area contributed by atoms with Crippen molar-refractivity contribution in [1.29, 1.82) is 0 Å². The molecular weight excluding hydrogens is 335 g/mol. The molecule has 0 heterocycles. The summed E-state index contributed by atoms with van der Waals surface area (Å²) in [6.45, 7) is 3.80. The number of carbonyl (C=O) groups is 2. The lowest BCUT2D eigenvalue weighted by atomic mass is 10.0. The Morgan fingerprint density at radius 2 is 1.62 bits per heavy atom. The fourth-order valence-corrected chi connectivity index (χ4v) is 2.63. The smallest absolute Gasteiger partial charge is 0.240 e. The topological polar surface area (TPSA) is 67.4 Å². The molecule has 0 aromatic heterocycles. The number of nitrogens with one attached hydrogen (secondary N) is 2. The van der Waals surface area contributed by atoms with Crippen LogP contribution < -0.4 is 15.4 Å². The Hall–Kier alpha value is -2.89. The highest BCUT2D eigenvalue weighted by Crippen LogP contribution is 2.48. The van der Waals surface area contributed by atoms with E-state index in [1.165, 1.54) is 24.3 Å². The summed E-state index contributed by atoms with van der Waals surface area (Å²) in [5, 5.41) is 5.50. The highest BCUT2D eigenvalue weighted by molar-refractivity contribution is 6.17. The Kier molecular flexibility index (Phi) is 4.93. The van der Waals surface area contributed by atoms with Gasteiger partial charge in [-0.1, -0.05) is 12.1 Å². The van der Waals surface area contributed by atoms with Gasteiger partial charge in [-0.25, -0.2) is 4.39 Å². The van der Waals surface area contributed by atoms with Crippen LogP contribution in [0.1, 0.15) is 26.7 Å². The van der Waals surface area contributed by atoms with E-state index < -0.39 is 5.41 Å². The van der Waals surface area contributed by atoms with E-state index in [0.717, 1.165) is 0 Å². The van der Waals surface area contributed by atoms with Crippen LogP contribution in [0.5, 0.6) is 5.75 Å². The summed E-state index contributed by atoms with van der Waals surface area (Å²) in [6.07, 6.45) is 0.905. The van der Waals surface area contributed by atoms with Crippen molar-refractivity contribution in [2.75, 3.05) is 10.6 Å². The van der Waals surface area contributed by atoms with Gasteiger partial charge >= 0.3 is 0 Å². The first kappa shape index (κ1) is 17.9. The second-order valence-corrected chi connectivity index (χ2v) is 6.66. The Bertz CT molecular complexity index is 814. The van der Waals surface area contributed by atoms with Gasteiger partial charge in [-0.05, 0) is 63.1 Å². The molecule has 0 unspecified atom stereocenters. The molecule has 1 aliphatic rings. The molecule has 5 nitrogen and oxygen atoms in total. The zero-order chi connectivity index (χ0) is 18.7. The van der Waals surface area contributed by atoms with Gasteiger partial charge in [0.05, 0.1) is 11.8 Å². The van der Waals surface area contributed by atoms with Crippen molar-refractivity contribution >= 4 is 23.2 Å². The third-order valence-corrected chi connectivity index (χ3v) is 4.22. The van der Waals surface area contributed by atoms with Crippen molar-refractivity contribution in [3.05, 3.63) is 54.3 Å². The van der Waals surface area contributed by atoms with E-state index in [9.17, 15) is 14.0 Å². The molecule has 2 N–H and O–H groups in total. The largest absolute Gasteiger partial charge is 0.489 e. The van der Waals surface area contributed by atoms with E-state index in [0.29, 0.717) is 30.0 Å². The van der Waals surface area contributed by atoms with E-state index in [4.69, 9.17) is 4.74 Å². The number of para-hydroxylation sites is 2. The third kappa shape index (κ3) is 3.85. The first-order valence-electron chi connectivity index (χ1n) is 8.55. The van der Waals surface area contributed by atoms with Crippen LogP contribution in [-0.4, -0.2) is 17.9 Å². The number of rotatable bonds is 6. The molecule has 0 aliphatic heterocycles. The zero-order valence-corrected chi connectivity index (χ0v) is 14.7. The maximum absolute atomic E-state index is 13.0. The van der Waals surface area contributed by atoms with Gasteiger partial charge in [0.25, 0.3) is 0 Å². The quantitative estimate of drug-likeness (QED) is 0.770. The summed E-state index contributed by atoms with van der Waals surface area (Å²) in [6, 6.07) is 12.6. The van der Waals surface area contributed by atoms with Gasteiger partial charge in [0.2, 0.25) is 11.8 Å². The van der Waals surface area contributed by atoms with Crippen molar-refractivity contribution in [3.8, 4) is 5.75 Å². The molecule has 1 aliphatic carbocycles. The van der Waals surface area contributed by atoms with Crippen LogP contribution in [0, 0.1) is 11.2 Å². The van der Waals surface area contributed by atoms with Gasteiger partial charge in [0.1, 0.15) is 17.0 Å². The average molecular weight is 356 g/mol. The standard InChI is InChI=1S/C20H21FN2O3/c1-13(2)26-17-6-4-3-5-16(17)23-19(25)20(11-12-20)18(24)22-15-9-7-14(21)8-10-15/h3-10,13H,11-12H2,1-2H3,(H,22,24)(H,23,25). The van der Waals surface area contributed by atoms with Crippen molar-refractivity contribution in [1.82, 2.24) is 0 Å². The van der Waals surface area contributed by atoms with Crippen LogP contribution in [0.2, 0.25) is 0 Å². The maximum atomic E-state index is 13.0. The molecule has 0 saturated heterocycles. The van der Waals surface area contributed by atoms with Gasteiger partial charge in [-0.2, -0.15) is 0 Å². The molecule has 6 heteroatoms. The van der Waals surface area contributed by atoms with Crippen molar-refractivity contribution < 1.29 is 18.7 Å². The minimum Gasteiger partial charge on any atom is -0.489 e. The molecule has 26 heavy (non-hydrogen) atoms. The SMILES string of the molecule is CC(C)Oc1ccccc1NC(=O)C1(C(=O)Nc2ccc(F)cc2)CC1. The van der Waals surface area contributed by atoms with Crippen LogP contribution >= 0.6 is 0 Å². The van der Waals surface area contributed by atoms with Crippen molar-refractivity contribution in [2.45, 2.75) is 32.8 Å². The average Bonchev–Trinajstić information content (AvgIpc) is 3.40. The summed E-state index contributed by atoms with van der Waals surface area (Å²) in [4.78, 5) is 25.3. The summed E-state index contributed by atoms with van der Waals surface area (Å²) in [5.41, 5.74) is -0.106. The van der Waals surface area contributed by atoms with Gasteiger partial charge in [-0.15, -0.1) is 0 Å². The number of anilines is 2. The normalized spacial score (nSPS) is 14.6. The van der Waals surface area contributed by atoms with Gasteiger partial charge < -0.3 is 15.4 Å². The number of carbonyl (C=O) groups excluding carboxylic acids is 2. The molecule has 136 valence electrons.